The molecule has 0 saturated heterocycles. The number of carbonyl (C=O) groups excluding carboxylic acids is 1. The second kappa shape index (κ2) is 7.50. The maximum atomic E-state index is 14.4. The summed E-state index contributed by atoms with van der Waals surface area (Å²) in [4.78, 5) is 26.4. The van der Waals surface area contributed by atoms with Crippen LogP contribution >= 0.6 is 0 Å². The van der Waals surface area contributed by atoms with Crippen LogP contribution in [0.3, 0.4) is 0 Å². The molecule has 3 rings (SSSR count). The first-order valence-corrected chi connectivity index (χ1v) is 8.13. The number of nitrogens with two attached hydrogens (primary N) is 1. The van der Waals surface area contributed by atoms with Crippen LogP contribution in [0.1, 0.15) is 16.1 Å². The van der Waals surface area contributed by atoms with Gasteiger partial charge < -0.3 is 15.8 Å². The number of aryl methyl sites for hydroxylation is 1. The van der Waals surface area contributed by atoms with Gasteiger partial charge in [-0.3, -0.25) is 24.6 Å². The van der Waals surface area contributed by atoms with Crippen molar-refractivity contribution in [1.82, 2.24) is 9.78 Å². The minimum atomic E-state index is -3.15. The fourth-order valence-electron chi connectivity index (χ4n) is 2.90. The number of ether oxygens (including phenoxy) is 1. The number of amidine groups is 1. The number of carbonyl (C=O) groups is 1. The molecule has 0 aliphatic carbocycles. The summed E-state index contributed by atoms with van der Waals surface area (Å²) in [5.41, 5.74) is 1.45. The summed E-state index contributed by atoms with van der Waals surface area (Å²) >= 11 is 0. The van der Waals surface area contributed by atoms with E-state index in [1.165, 1.54) is 7.05 Å². The molecule has 29 heavy (non-hydrogen) atoms. The van der Waals surface area contributed by atoms with Gasteiger partial charge in [0.15, 0.2) is 5.54 Å². The number of anilines is 1. The Labute approximate surface area is 161 Å². The van der Waals surface area contributed by atoms with Gasteiger partial charge >= 0.3 is 5.69 Å². The Morgan fingerprint density at radius 1 is 1.48 bits per heavy atom. The Morgan fingerprint density at radius 3 is 2.83 bits per heavy atom. The van der Waals surface area contributed by atoms with Gasteiger partial charge in [0.25, 0.3) is 12.3 Å². The number of halogens is 3. The summed E-state index contributed by atoms with van der Waals surface area (Å²) in [7, 11) is 1.39. The Kier molecular flexibility index (Phi) is 5.24. The fourth-order valence-corrected chi connectivity index (χ4v) is 2.90. The molecule has 10 nitrogen and oxygen atoms in total. The van der Waals surface area contributed by atoms with E-state index in [1.54, 1.807) is 0 Å². The molecule has 13 heteroatoms. The van der Waals surface area contributed by atoms with Crippen LogP contribution in [-0.2, 0) is 17.3 Å². The summed E-state index contributed by atoms with van der Waals surface area (Å²) in [6, 6.07) is 2.93. The lowest BCUT2D eigenvalue weighted by Crippen LogP contribution is -2.45. The maximum Gasteiger partial charge on any atom is 0.320 e. The lowest BCUT2D eigenvalue weighted by molar-refractivity contribution is -0.385. The van der Waals surface area contributed by atoms with E-state index in [9.17, 15) is 28.1 Å². The summed E-state index contributed by atoms with van der Waals surface area (Å²) in [6.45, 7) is -0.790. The zero-order valence-corrected chi connectivity index (χ0v) is 14.9. The molecule has 1 aromatic carbocycles. The average Bonchev–Trinajstić information content (AvgIpc) is 3.05. The molecule has 2 heterocycles. The highest BCUT2D eigenvalue weighted by atomic mass is 19.3. The van der Waals surface area contributed by atoms with Crippen molar-refractivity contribution in [3.05, 3.63) is 51.6 Å². The molecule has 0 unspecified atom stereocenters. The summed E-state index contributed by atoms with van der Waals surface area (Å²) in [5.74, 6) is -2.20. The van der Waals surface area contributed by atoms with Crippen molar-refractivity contribution in [2.75, 3.05) is 18.5 Å². The number of aromatic nitrogens is 2. The van der Waals surface area contributed by atoms with Crippen LogP contribution < -0.4 is 11.1 Å². The van der Waals surface area contributed by atoms with Gasteiger partial charge in [0.2, 0.25) is 5.69 Å². The predicted molar refractivity (Wildman–Crippen MR) is 94.3 cm³/mol. The number of hydrogen-bond donors (Lipinski definition) is 2. The third kappa shape index (κ3) is 3.76. The Bertz CT molecular complexity index is 1010. The van der Waals surface area contributed by atoms with Crippen molar-refractivity contribution in [1.29, 1.82) is 0 Å². The van der Waals surface area contributed by atoms with E-state index in [1.807, 2.05) is 0 Å². The highest BCUT2D eigenvalue weighted by Gasteiger charge is 2.46. The predicted octanol–water partition coefficient (Wildman–Crippen LogP) is 1.57. The van der Waals surface area contributed by atoms with E-state index >= 15 is 0 Å². The van der Waals surface area contributed by atoms with Gasteiger partial charge in [-0.15, -0.1) is 0 Å². The minimum absolute atomic E-state index is 0.0919. The third-order valence-electron chi connectivity index (χ3n) is 4.19. The number of benzene rings is 1. The van der Waals surface area contributed by atoms with Crippen LogP contribution in [0.15, 0.2) is 29.4 Å². The first kappa shape index (κ1) is 20.3. The molecular formula is C16H15F3N6O4. The Hall–Kier alpha value is -3.48. The molecule has 0 saturated carbocycles. The number of rotatable bonds is 5. The van der Waals surface area contributed by atoms with Gasteiger partial charge in [-0.2, -0.15) is 5.10 Å². The number of nitro groups is 1. The second-order valence-electron chi connectivity index (χ2n) is 6.26. The zero-order valence-electron chi connectivity index (χ0n) is 14.9. The number of alkyl halides is 2. The Morgan fingerprint density at radius 2 is 2.21 bits per heavy atom. The molecule has 0 bridgehead atoms. The number of nitrogens with zero attached hydrogens (tertiary/aromatic N) is 4. The molecule has 1 amide bonds. The fraction of sp³-hybridized carbons (Fsp3) is 0.312. The minimum Gasteiger partial charge on any atom is -0.385 e. The van der Waals surface area contributed by atoms with Crippen molar-refractivity contribution in [3.8, 4) is 0 Å². The second-order valence-corrected chi connectivity index (χ2v) is 6.26. The van der Waals surface area contributed by atoms with E-state index in [2.05, 4.69) is 15.4 Å². The first-order valence-electron chi connectivity index (χ1n) is 8.13. The van der Waals surface area contributed by atoms with Gasteiger partial charge in [-0.1, -0.05) is 0 Å². The van der Waals surface area contributed by atoms with Crippen LogP contribution in [-0.4, -0.2) is 46.1 Å². The molecule has 0 spiro atoms. The lowest BCUT2D eigenvalue weighted by Gasteiger charge is -2.33. The van der Waals surface area contributed by atoms with Gasteiger partial charge in [0.1, 0.15) is 24.5 Å². The molecule has 0 radical (unpaired) electrons. The van der Waals surface area contributed by atoms with E-state index in [0.29, 0.717) is 0 Å². The number of aliphatic imine (C=N–C) groups is 1. The quantitative estimate of drug-likeness (QED) is 0.565. The van der Waals surface area contributed by atoms with Crippen LogP contribution in [0, 0.1) is 15.9 Å². The summed E-state index contributed by atoms with van der Waals surface area (Å²) in [6.07, 6.45) is -2.12. The normalized spacial score (nSPS) is 19.1. The summed E-state index contributed by atoms with van der Waals surface area (Å²) < 4.78 is 48.2. The largest absolute Gasteiger partial charge is 0.385 e. The van der Waals surface area contributed by atoms with Crippen LogP contribution in [0.4, 0.5) is 24.5 Å². The van der Waals surface area contributed by atoms with Gasteiger partial charge in [0, 0.05) is 18.3 Å². The van der Waals surface area contributed by atoms with Crippen LogP contribution in [0.2, 0.25) is 0 Å². The van der Waals surface area contributed by atoms with E-state index in [4.69, 9.17) is 10.5 Å². The van der Waals surface area contributed by atoms with E-state index < -0.39 is 52.2 Å². The van der Waals surface area contributed by atoms with Gasteiger partial charge in [0.05, 0.1) is 11.5 Å². The van der Waals surface area contributed by atoms with E-state index in [0.717, 1.165) is 29.1 Å². The molecule has 2 aromatic rings. The average molecular weight is 412 g/mol. The lowest BCUT2D eigenvalue weighted by atomic mass is 9.90. The zero-order chi connectivity index (χ0) is 21.3. The number of amides is 1. The van der Waals surface area contributed by atoms with Crippen molar-refractivity contribution in [2.24, 2.45) is 17.8 Å². The SMILES string of the molecule is Cn1cc([N+](=O)[O-])c(C(=O)Nc2ccc(F)c([C@]3(C(F)F)COCC(N)=N3)c2)n1. The van der Waals surface area contributed by atoms with Crippen molar-refractivity contribution < 1.29 is 27.6 Å². The highest BCUT2D eigenvalue weighted by Crippen LogP contribution is 2.38. The van der Waals surface area contributed by atoms with Gasteiger partial charge in [-0.05, 0) is 18.2 Å². The third-order valence-corrected chi connectivity index (χ3v) is 4.19. The molecule has 3 N–H and O–H groups in total. The molecular weight excluding hydrogens is 397 g/mol. The smallest absolute Gasteiger partial charge is 0.320 e. The molecule has 1 aliphatic rings. The molecule has 154 valence electrons. The van der Waals surface area contributed by atoms with Crippen molar-refractivity contribution in [3.63, 3.8) is 0 Å². The van der Waals surface area contributed by atoms with Crippen molar-refractivity contribution >= 4 is 23.1 Å². The van der Waals surface area contributed by atoms with Gasteiger partial charge in [-0.25, -0.2) is 13.2 Å². The number of nitrogens with one attached hydrogen (secondary N) is 1. The highest BCUT2D eigenvalue weighted by molar-refractivity contribution is 6.05. The number of hydrogen-bond acceptors (Lipinski definition) is 7. The monoisotopic (exact) mass is 412 g/mol. The molecule has 1 aromatic heterocycles. The van der Waals surface area contributed by atoms with Crippen molar-refractivity contribution in [2.45, 2.75) is 12.0 Å². The van der Waals surface area contributed by atoms with Crippen LogP contribution in [0.25, 0.3) is 0 Å². The van der Waals surface area contributed by atoms with E-state index in [-0.39, 0.29) is 18.1 Å². The molecule has 0 fully saturated rings. The molecule has 1 aliphatic heterocycles. The summed E-state index contributed by atoms with van der Waals surface area (Å²) in [5, 5.41) is 17.1. The Balaban J connectivity index is 1.99. The standard InChI is InChI=1S/C16H15F3N6O4/c1-24-5-11(25(27)28)13(23-24)14(26)21-8-2-3-10(17)9(4-8)16(15(18)19)7-29-6-12(20)22-16/h2-5,15H,6-7H2,1H3,(H2,20,22)(H,21,26)/t16-/m0/s1. The topological polar surface area (TPSA) is 138 Å². The first-order chi connectivity index (χ1) is 13.6. The molecule has 1 atom stereocenters. The van der Waals surface area contributed by atoms with Crippen LogP contribution in [0.5, 0.6) is 0 Å². The maximum absolute atomic E-state index is 14.4.